The molecule has 0 N–H and O–H groups in total. The molecule has 158 valence electrons. The Kier molecular flexibility index (Phi) is 6.32. The molecule has 2 aromatic heterocycles. The summed E-state index contributed by atoms with van der Waals surface area (Å²) in [5, 5.41) is 16.7. The Labute approximate surface area is 188 Å². The van der Waals surface area contributed by atoms with Gasteiger partial charge < -0.3 is 0 Å². The lowest BCUT2D eigenvalue weighted by Gasteiger charge is -2.05. The van der Waals surface area contributed by atoms with Crippen LogP contribution in [0.1, 0.15) is 44.4 Å². The second-order valence-electron chi connectivity index (χ2n) is 7.72. The highest BCUT2D eigenvalue weighted by molar-refractivity contribution is 7.78. The van der Waals surface area contributed by atoms with Gasteiger partial charge in [-0.2, -0.15) is 4.09 Å². The van der Waals surface area contributed by atoms with Crippen molar-refractivity contribution in [2.24, 2.45) is 0 Å². The lowest BCUT2D eigenvalue weighted by Crippen LogP contribution is -1.97. The molecule has 0 bridgehead atoms. The zero-order valence-electron chi connectivity index (χ0n) is 18.0. The van der Waals surface area contributed by atoms with Gasteiger partial charge in [-0.15, -0.1) is 10.2 Å². The van der Waals surface area contributed by atoms with E-state index in [9.17, 15) is 0 Å². The van der Waals surface area contributed by atoms with Crippen molar-refractivity contribution in [3.05, 3.63) is 78.3 Å². The number of hydrogen-bond acceptors (Lipinski definition) is 5. The summed E-state index contributed by atoms with van der Waals surface area (Å²) >= 11 is 4.14. The maximum absolute atomic E-state index is 4.36. The minimum atomic E-state index is 0.248. The quantitative estimate of drug-likeness (QED) is 0.393. The van der Waals surface area contributed by atoms with Crippen molar-refractivity contribution >= 4 is 18.5 Å². The molecule has 0 saturated carbocycles. The predicted octanol–water partition coefficient (Wildman–Crippen LogP) is 5.51. The molecule has 0 saturated heterocycles. The van der Waals surface area contributed by atoms with Crippen LogP contribution in [0.3, 0.4) is 0 Å². The molecule has 0 aliphatic carbocycles. The largest absolute Gasteiger partial charge is 0.225 e. The van der Waals surface area contributed by atoms with Crippen molar-refractivity contribution in [3.8, 4) is 22.4 Å². The molecule has 1 unspecified atom stereocenters. The van der Waals surface area contributed by atoms with Crippen LogP contribution < -0.4 is 0 Å². The fourth-order valence-corrected chi connectivity index (χ4v) is 3.55. The molecule has 2 aromatic carbocycles. The van der Waals surface area contributed by atoms with E-state index in [2.05, 4.69) is 102 Å². The van der Waals surface area contributed by atoms with Gasteiger partial charge in [0.2, 0.25) is 0 Å². The zero-order chi connectivity index (χ0) is 21.8. The van der Waals surface area contributed by atoms with E-state index in [1.54, 1.807) is 0 Å². The molecule has 0 fully saturated rings. The lowest BCUT2D eigenvalue weighted by molar-refractivity contribution is 0.733. The van der Waals surface area contributed by atoms with Gasteiger partial charge >= 0.3 is 0 Å². The van der Waals surface area contributed by atoms with Gasteiger partial charge in [0.15, 0.2) is 0 Å². The third-order valence-corrected chi connectivity index (χ3v) is 5.70. The van der Waals surface area contributed by atoms with Crippen molar-refractivity contribution < 1.29 is 0 Å². The van der Waals surface area contributed by atoms with Crippen LogP contribution >= 0.6 is 12.8 Å². The average molecular weight is 431 g/mol. The van der Waals surface area contributed by atoms with Crippen LogP contribution in [0.25, 0.3) is 28.1 Å². The van der Waals surface area contributed by atoms with Crippen molar-refractivity contribution in [2.45, 2.75) is 39.5 Å². The Bertz CT molecular complexity index is 1170. The third-order valence-electron chi connectivity index (χ3n) is 5.50. The Morgan fingerprint density at radius 3 is 2.19 bits per heavy atom. The van der Waals surface area contributed by atoms with Crippen molar-refractivity contribution in [2.75, 3.05) is 0 Å². The third kappa shape index (κ3) is 4.94. The highest BCUT2D eigenvalue weighted by Gasteiger charge is 2.10. The first-order valence-electron chi connectivity index (χ1n) is 10.4. The molecular weight excluding hydrogens is 404 g/mol. The van der Waals surface area contributed by atoms with Gasteiger partial charge in [0.25, 0.3) is 0 Å². The molecule has 0 spiro atoms. The summed E-state index contributed by atoms with van der Waals surface area (Å²) in [7, 11) is 0. The highest BCUT2D eigenvalue weighted by atomic mass is 32.1. The van der Waals surface area contributed by atoms with Gasteiger partial charge in [0, 0.05) is 17.2 Å². The molecule has 4 rings (SSSR count). The Hall–Kier alpha value is -3.19. The van der Waals surface area contributed by atoms with Crippen LogP contribution in [0.4, 0.5) is 0 Å². The van der Waals surface area contributed by atoms with E-state index in [4.69, 9.17) is 0 Å². The molecule has 0 amide bonds. The van der Waals surface area contributed by atoms with Crippen molar-refractivity contribution in [1.29, 1.82) is 0 Å². The summed E-state index contributed by atoms with van der Waals surface area (Å²) in [4.78, 5) is 0. The summed E-state index contributed by atoms with van der Waals surface area (Å²) in [6.45, 7) is 6.32. The Morgan fingerprint density at radius 2 is 1.58 bits per heavy atom. The predicted molar refractivity (Wildman–Crippen MR) is 128 cm³/mol. The molecule has 0 aliphatic rings. The number of aromatic nitrogens is 6. The topological polar surface area (TPSA) is 61.4 Å². The van der Waals surface area contributed by atoms with Crippen LogP contribution in [0.2, 0.25) is 0 Å². The summed E-state index contributed by atoms with van der Waals surface area (Å²) in [5.74, 6) is 0.248. The van der Waals surface area contributed by atoms with Gasteiger partial charge in [-0.05, 0) is 49.3 Å². The smallest absolute Gasteiger partial charge is 0.113 e. The van der Waals surface area contributed by atoms with Gasteiger partial charge in [-0.25, -0.2) is 4.68 Å². The monoisotopic (exact) mass is 430 g/mol. The maximum atomic E-state index is 4.36. The molecule has 31 heavy (non-hydrogen) atoms. The van der Waals surface area contributed by atoms with E-state index < -0.39 is 0 Å². The molecule has 0 radical (unpaired) electrons. The number of allylic oxidation sites excluding steroid dienone is 2. The normalized spacial score (nSPS) is 12.8. The number of nitrogens with zero attached hydrogens (tertiary/aromatic N) is 6. The number of hydrogen-bond donors (Lipinski definition) is 1. The van der Waals surface area contributed by atoms with Crippen LogP contribution in [0, 0.1) is 0 Å². The standard InChI is InChI=1S/C24H26N6S/c1-4-19-7-9-20(10-8-19)21-11-13-22(14-12-21)24-15-29(27-26-24)18(3)6-5-17(2)23-16-30(31)28-25-23/h6-17,31H,4-5H2,1-3H3/b18-6+. The van der Waals surface area contributed by atoms with E-state index in [1.165, 1.54) is 20.8 Å². The van der Waals surface area contributed by atoms with Crippen LogP contribution in [-0.4, -0.2) is 29.4 Å². The van der Waals surface area contributed by atoms with Crippen molar-refractivity contribution in [1.82, 2.24) is 29.4 Å². The number of rotatable bonds is 7. The average Bonchev–Trinajstić information content (AvgIpc) is 3.47. The SMILES string of the molecule is CCc1ccc(-c2ccc(-c3cn(/C(C)=C/CC(C)c4cn(S)nn4)nn3)cc2)cc1. The molecule has 1 atom stereocenters. The summed E-state index contributed by atoms with van der Waals surface area (Å²) in [6.07, 6.45) is 7.82. The van der Waals surface area contributed by atoms with E-state index in [0.717, 1.165) is 35.5 Å². The van der Waals surface area contributed by atoms with Crippen molar-refractivity contribution in [3.63, 3.8) is 0 Å². The zero-order valence-corrected chi connectivity index (χ0v) is 18.9. The number of aryl methyl sites for hydroxylation is 1. The maximum Gasteiger partial charge on any atom is 0.113 e. The van der Waals surface area contributed by atoms with Gasteiger partial charge in [-0.3, -0.25) is 0 Å². The second kappa shape index (κ2) is 9.31. The first kappa shape index (κ1) is 21.1. The van der Waals surface area contributed by atoms with E-state index in [1.807, 2.05) is 24.0 Å². The van der Waals surface area contributed by atoms with Crippen LogP contribution in [0.15, 0.2) is 67.0 Å². The van der Waals surface area contributed by atoms with E-state index >= 15 is 0 Å². The molecule has 7 heteroatoms. The van der Waals surface area contributed by atoms with Gasteiger partial charge in [0.1, 0.15) is 5.69 Å². The fraction of sp³-hybridized carbons (Fsp3) is 0.250. The number of benzene rings is 2. The molecule has 4 aromatic rings. The van der Waals surface area contributed by atoms with E-state index in [0.29, 0.717) is 0 Å². The first-order valence-corrected chi connectivity index (χ1v) is 10.8. The minimum absolute atomic E-state index is 0.248. The molecule has 0 aliphatic heterocycles. The molecular formula is C24H26N6S. The fourth-order valence-electron chi connectivity index (χ4n) is 3.39. The summed E-state index contributed by atoms with van der Waals surface area (Å²) in [5.41, 5.74) is 7.61. The van der Waals surface area contributed by atoms with Crippen LogP contribution in [0.5, 0.6) is 0 Å². The number of thiol groups is 1. The summed E-state index contributed by atoms with van der Waals surface area (Å²) < 4.78 is 3.24. The van der Waals surface area contributed by atoms with Gasteiger partial charge in [0.05, 0.1) is 18.1 Å². The lowest BCUT2D eigenvalue weighted by atomic mass is 10.0. The minimum Gasteiger partial charge on any atom is -0.225 e. The highest BCUT2D eigenvalue weighted by Crippen LogP contribution is 2.25. The van der Waals surface area contributed by atoms with Crippen LogP contribution in [-0.2, 0) is 6.42 Å². The van der Waals surface area contributed by atoms with Gasteiger partial charge in [-0.1, -0.05) is 78.9 Å². The Morgan fingerprint density at radius 1 is 0.935 bits per heavy atom. The molecule has 6 nitrogen and oxygen atoms in total. The molecule has 2 heterocycles. The first-order chi connectivity index (χ1) is 15.0. The Balaban J connectivity index is 1.45. The van der Waals surface area contributed by atoms with E-state index in [-0.39, 0.29) is 5.92 Å². The second-order valence-corrected chi connectivity index (χ2v) is 8.13. The summed E-state index contributed by atoms with van der Waals surface area (Å²) in [6, 6.07) is 17.2.